The first-order valence-electron chi connectivity index (χ1n) is 10.8. The molecule has 0 saturated heterocycles. The minimum atomic E-state index is -0.571. The monoisotopic (exact) mass is 477 g/mol. The van der Waals surface area contributed by atoms with Crippen LogP contribution in [-0.4, -0.2) is 26.6 Å². The molecular formula is C25H24FN5O2S. The minimum Gasteiger partial charge on any atom is -0.331 e. The lowest BCUT2D eigenvalue weighted by Crippen LogP contribution is -2.29. The zero-order valence-corrected chi connectivity index (χ0v) is 19.9. The van der Waals surface area contributed by atoms with Gasteiger partial charge in [-0.05, 0) is 56.2 Å². The maximum absolute atomic E-state index is 14.4. The van der Waals surface area contributed by atoms with Crippen molar-refractivity contribution in [3.05, 3.63) is 93.6 Å². The molecule has 0 atom stereocenters. The van der Waals surface area contributed by atoms with Crippen molar-refractivity contribution in [2.24, 2.45) is 0 Å². The van der Waals surface area contributed by atoms with Crippen LogP contribution in [0.25, 0.3) is 5.00 Å². The number of halogens is 1. The molecule has 174 valence electrons. The van der Waals surface area contributed by atoms with Gasteiger partial charge in [0.15, 0.2) is 11.6 Å². The fraction of sp³-hybridized carbons (Fsp3) is 0.200. The number of anilines is 1. The third-order valence-corrected chi connectivity index (χ3v) is 6.52. The Morgan fingerprint density at radius 1 is 1.03 bits per heavy atom. The summed E-state index contributed by atoms with van der Waals surface area (Å²) in [6.07, 6.45) is 0.718. The number of urea groups is 1. The first-order valence-corrected chi connectivity index (χ1v) is 11.6. The van der Waals surface area contributed by atoms with Crippen molar-refractivity contribution < 1.29 is 14.0 Å². The van der Waals surface area contributed by atoms with E-state index in [1.165, 1.54) is 23.5 Å². The molecule has 0 fully saturated rings. The Hall–Kier alpha value is -3.85. The number of amides is 2. The average Bonchev–Trinajstić information content (AvgIpc) is 3.40. The van der Waals surface area contributed by atoms with Gasteiger partial charge in [-0.1, -0.05) is 31.2 Å². The number of hydrogen-bond acceptors (Lipinski definition) is 5. The highest BCUT2D eigenvalue weighted by atomic mass is 32.1. The third-order valence-electron chi connectivity index (χ3n) is 5.25. The number of carbonyl (C=O) groups is 2. The van der Waals surface area contributed by atoms with Crippen molar-refractivity contribution >= 4 is 28.8 Å². The number of rotatable bonds is 7. The number of aromatic nitrogens is 3. The molecule has 0 aliphatic heterocycles. The lowest BCUT2D eigenvalue weighted by molar-refractivity contribution is 0.103. The van der Waals surface area contributed by atoms with Crippen LogP contribution in [-0.2, 0) is 13.0 Å². The second-order valence-corrected chi connectivity index (χ2v) is 8.89. The molecule has 2 amide bonds. The van der Waals surface area contributed by atoms with Gasteiger partial charge in [-0.2, -0.15) is 0 Å². The van der Waals surface area contributed by atoms with Gasteiger partial charge in [-0.15, -0.1) is 21.5 Å². The normalized spacial score (nSPS) is 10.8. The summed E-state index contributed by atoms with van der Waals surface area (Å²) in [5, 5.41) is 14.5. The van der Waals surface area contributed by atoms with Gasteiger partial charge in [0.2, 0.25) is 0 Å². The van der Waals surface area contributed by atoms with Crippen LogP contribution >= 0.6 is 11.3 Å². The van der Waals surface area contributed by atoms with Crippen molar-refractivity contribution in [3.8, 4) is 5.00 Å². The number of hydrogen-bond donors (Lipinski definition) is 2. The predicted octanol–water partition coefficient (Wildman–Crippen LogP) is 5.20. The van der Waals surface area contributed by atoms with Gasteiger partial charge >= 0.3 is 6.03 Å². The largest absolute Gasteiger partial charge is 0.331 e. The molecule has 0 spiro atoms. The number of nitrogens with zero attached hydrogens (tertiary/aromatic N) is 3. The first-order chi connectivity index (χ1) is 16.4. The molecule has 0 unspecified atom stereocenters. The summed E-state index contributed by atoms with van der Waals surface area (Å²) in [5.74, 6) is 0.0399. The number of nitrogens with one attached hydrogen (secondary N) is 2. The van der Waals surface area contributed by atoms with Gasteiger partial charge in [-0.3, -0.25) is 9.36 Å². The van der Waals surface area contributed by atoms with Crippen LogP contribution < -0.4 is 10.6 Å². The highest BCUT2D eigenvalue weighted by Crippen LogP contribution is 2.31. The summed E-state index contributed by atoms with van der Waals surface area (Å²) in [6, 6.07) is 14.8. The number of ketones is 1. The van der Waals surface area contributed by atoms with Crippen LogP contribution in [0.2, 0.25) is 0 Å². The molecule has 2 aromatic heterocycles. The lowest BCUT2D eigenvalue weighted by Gasteiger charge is -2.11. The second kappa shape index (κ2) is 9.96. The SMILES string of the molecule is CCc1cc(C(=O)c2ccccc2F)c(-n2c(C)nnc2CNC(=O)Nc2cccc(C)c2)s1. The van der Waals surface area contributed by atoms with Gasteiger partial charge in [0.05, 0.1) is 17.7 Å². The Morgan fingerprint density at radius 3 is 2.56 bits per heavy atom. The third kappa shape index (κ3) is 4.89. The Bertz CT molecular complexity index is 1360. The molecule has 0 aliphatic rings. The maximum Gasteiger partial charge on any atom is 0.319 e. The quantitative estimate of drug-likeness (QED) is 0.358. The highest BCUT2D eigenvalue weighted by molar-refractivity contribution is 7.15. The molecule has 0 saturated carbocycles. The Morgan fingerprint density at radius 2 is 1.82 bits per heavy atom. The summed E-state index contributed by atoms with van der Waals surface area (Å²) in [6.45, 7) is 5.79. The van der Waals surface area contributed by atoms with E-state index >= 15 is 0 Å². The molecule has 0 radical (unpaired) electrons. The zero-order valence-electron chi connectivity index (χ0n) is 19.1. The molecular weight excluding hydrogens is 453 g/mol. The van der Waals surface area contributed by atoms with Crippen LogP contribution in [0.5, 0.6) is 0 Å². The second-order valence-electron chi connectivity index (χ2n) is 7.77. The molecule has 4 aromatic rings. The summed E-state index contributed by atoms with van der Waals surface area (Å²) in [5.41, 5.74) is 2.09. The van der Waals surface area contributed by atoms with Gasteiger partial charge < -0.3 is 10.6 Å². The van der Waals surface area contributed by atoms with Gasteiger partial charge in [-0.25, -0.2) is 9.18 Å². The Balaban J connectivity index is 1.62. The van der Waals surface area contributed by atoms with Gasteiger partial charge in [0.1, 0.15) is 16.6 Å². The maximum atomic E-state index is 14.4. The molecule has 34 heavy (non-hydrogen) atoms. The fourth-order valence-corrected chi connectivity index (χ4v) is 4.73. The number of benzene rings is 2. The predicted molar refractivity (Wildman–Crippen MR) is 130 cm³/mol. The van der Waals surface area contributed by atoms with Crippen molar-refractivity contribution in [3.63, 3.8) is 0 Å². The molecule has 2 N–H and O–H groups in total. The molecule has 0 bridgehead atoms. The van der Waals surface area contributed by atoms with Crippen molar-refractivity contribution in [2.75, 3.05) is 5.32 Å². The van der Waals surface area contributed by atoms with Crippen LogP contribution in [0.3, 0.4) is 0 Å². The van der Waals surface area contributed by atoms with Crippen LogP contribution in [0.15, 0.2) is 54.6 Å². The molecule has 0 aliphatic carbocycles. The van der Waals surface area contributed by atoms with Crippen LogP contribution in [0, 0.1) is 19.7 Å². The van der Waals surface area contributed by atoms with E-state index in [4.69, 9.17) is 0 Å². The number of carbonyl (C=O) groups excluding carboxylic acids is 2. The fourth-order valence-electron chi connectivity index (χ4n) is 3.57. The van der Waals surface area contributed by atoms with Crippen LogP contribution in [0.4, 0.5) is 14.9 Å². The molecule has 9 heteroatoms. The number of aryl methyl sites for hydroxylation is 3. The Labute approximate surface area is 200 Å². The zero-order chi connectivity index (χ0) is 24.2. The summed E-state index contributed by atoms with van der Waals surface area (Å²) in [4.78, 5) is 26.7. The molecule has 2 aromatic carbocycles. The van der Waals surface area contributed by atoms with Crippen molar-refractivity contribution in [2.45, 2.75) is 33.7 Å². The van der Waals surface area contributed by atoms with E-state index in [1.807, 2.05) is 32.0 Å². The Kier molecular flexibility index (Phi) is 6.83. The lowest BCUT2D eigenvalue weighted by atomic mass is 10.0. The van der Waals surface area contributed by atoms with E-state index in [0.717, 1.165) is 16.9 Å². The van der Waals surface area contributed by atoms with Gasteiger partial charge in [0.25, 0.3) is 0 Å². The molecule has 4 rings (SSSR count). The van der Waals surface area contributed by atoms with E-state index in [-0.39, 0.29) is 18.1 Å². The van der Waals surface area contributed by atoms with E-state index in [2.05, 4.69) is 20.8 Å². The summed E-state index contributed by atoms with van der Waals surface area (Å²) < 4.78 is 16.1. The average molecular weight is 478 g/mol. The molecule has 2 heterocycles. The first kappa shape index (κ1) is 23.3. The van der Waals surface area contributed by atoms with E-state index < -0.39 is 11.6 Å². The summed E-state index contributed by atoms with van der Waals surface area (Å²) >= 11 is 1.42. The topological polar surface area (TPSA) is 88.9 Å². The smallest absolute Gasteiger partial charge is 0.319 e. The number of thiophene rings is 1. The van der Waals surface area contributed by atoms with Crippen molar-refractivity contribution in [1.29, 1.82) is 0 Å². The van der Waals surface area contributed by atoms with Crippen molar-refractivity contribution in [1.82, 2.24) is 20.1 Å². The van der Waals surface area contributed by atoms with Crippen LogP contribution in [0.1, 0.15) is 44.9 Å². The minimum absolute atomic E-state index is 0.00661. The van der Waals surface area contributed by atoms with E-state index in [9.17, 15) is 14.0 Å². The van der Waals surface area contributed by atoms with E-state index in [1.54, 1.807) is 35.8 Å². The van der Waals surface area contributed by atoms with Gasteiger partial charge in [0, 0.05) is 10.6 Å². The highest BCUT2D eigenvalue weighted by Gasteiger charge is 2.24. The molecule has 7 nitrogen and oxygen atoms in total. The standard InChI is InChI=1S/C25H24FN5O2S/c1-4-18-13-20(23(32)19-10-5-6-11-21(19)26)24(34-18)31-16(3)29-30-22(31)14-27-25(33)28-17-9-7-8-15(2)12-17/h5-13H,4,14H2,1-3H3,(H2,27,28,33). The van der Waals surface area contributed by atoms with E-state index in [0.29, 0.717) is 27.9 Å². The summed E-state index contributed by atoms with van der Waals surface area (Å²) in [7, 11) is 0.